The van der Waals surface area contributed by atoms with Gasteiger partial charge in [-0.2, -0.15) is 5.26 Å². The highest BCUT2D eigenvalue weighted by Crippen LogP contribution is 2.16. The van der Waals surface area contributed by atoms with Crippen LogP contribution < -0.4 is 11.1 Å². The lowest BCUT2D eigenvalue weighted by Crippen LogP contribution is -2.33. The summed E-state index contributed by atoms with van der Waals surface area (Å²) in [6, 6.07) is 3.66. The molecule has 0 atom stereocenters. The summed E-state index contributed by atoms with van der Waals surface area (Å²) in [5.41, 5.74) is 6.19. The Hall–Kier alpha value is -1.80. The first-order valence-electron chi connectivity index (χ1n) is 5.52. The Morgan fingerprint density at radius 2 is 2.29 bits per heavy atom. The van der Waals surface area contributed by atoms with Crippen molar-refractivity contribution in [1.29, 1.82) is 5.26 Å². The lowest BCUT2D eigenvalue weighted by atomic mass is 10.1. The minimum Gasteiger partial charge on any atom is -0.397 e. The number of hydrogen-bond donors (Lipinski definition) is 2. The molecule has 1 rings (SSSR count). The van der Waals surface area contributed by atoms with Crippen molar-refractivity contribution in [3.05, 3.63) is 17.8 Å². The third kappa shape index (κ3) is 3.93. The summed E-state index contributed by atoms with van der Waals surface area (Å²) in [6.07, 6.45) is 1.52. The number of rotatable bonds is 5. The van der Waals surface area contributed by atoms with Crippen LogP contribution in [0.5, 0.6) is 0 Å². The van der Waals surface area contributed by atoms with Gasteiger partial charge in [0.15, 0.2) is 0 Å². The van der Waals surface area contributed by atoms with Gasteiger partial charge in [0.25, 0.3) is 0 Å². The zero-order valence-electron chi connectivity index (χ0n) is 10.4. The number of pyridine rings is 1. The van der Waals surface area contributed by atoms with Crippen molar-refractivity contribution in [1.82, 2.24) is 4.98 Å². The molecule has 0 fully saturated rings. The average Bonchev–Trinajstić information content (AvgIpc) is 2.27. The van der Waals surface area contributed by atoms with E-state index in [0.29, 0.717) is 30.2 Å². The molecule has 0 bridgehead atoms. The van der Waals surface area contributed by atoms with Crippen LogP contribution in [0.15, 0.2) is 12.3 Å². The van der Waals surface area contributed by atoms with Gasteiger partial charge >= 0.3 is 0 Å². The van der Waals surface area contributed by atoms with Crippen LogP contribution in [0.25, 0.3) is 0 Å². The molecule has 0 unspecified atom stereocenters. The first-order valence-corrected chi connectivity index (χ1v) is 5.52. The number of anilines is 2. The van der Waals surface area contributed by atoms with E-state index >= 15 is 0 Å². The number of ether oxygens (including phenoxy) is 1. The summed E-state index contributed by atoms with van der Waals surface area (Å²) in [6.45, 7) is 7.13. The molecule has 0 radical (unpaired) electrons. The molecule has 0 saturated carbocycles. The molecule has 3 N–H and O–H groups in total. The van der Waals surface area contributed by atoms with Crippen molar-refractivity contribution < 1.29 is 4.74 Å². The Kier molecular flexibility index (Phi) is 4.30. The zero-order valence-corrected chi connectivity index (χ0v) is 10.4. The number of nitrogens with two attached hydrogens (primary N) is 1. The van der Waals surface area contributed by atoms with Crippen molar-refractivity contribution in [2.45, 2.75) is 26.4 Å². The zero-order chi connectivity index (χ0) is 12.9. The maximum Gasteiger partial charge on any atom is 0.144 e. The van der Waals surface area contributed by atoms with Gasteiger partial charge in [0.05, 0.1) is 23.0 Å². The van der Waals surface area contributed by atoms with Crippen LogP contribution in [-0.2, 0) is 4.74 Å². The molecule has 1 heterocycles. The van der Waals surface area contributed by atoms with Crippen LogP contribution in [0.2, 0.25) is 0 Å². The van der Waals surface area contributed by atoms with Crippen molar-refractivity contribution in [2.75, 3.05) is 24.2 Å². The molecule has 0 aliphatic carbocycles. The summed E-state index contributed by atoms with van der Waals surface area (Å²) in [5, 5.41) is 12.1. The molecule has 92 valence electrons. The molecular formula is C12H18N4O. The summed E-state index contributed by atoms with van der Waals surface area (Å²) in [4.78, 5) is 4.10. The van der Waals surface area contributed by atoms with Gasteiger partial charge in [-0.05, 0) is 26.8 Å². The standard InChI is InChI=1S/C12H18N4O/c1-4-17-12(2,3)8-16-11-9(6-13)5-10(14)7-15-11/h5,7H,4,8,14H2,1-3H3,(H,15,16). The van der Waals surface area contributed by atoms with Crippen LogP contribution in [0.1, 0.15) is 26.3 Å². The summed E-state index contributed by atoms with van der Waals surface area (Å²) in [5.74, 6) is 0.537. The molecule has 5 heteroatoms. The Bertz CT molecular complexity index is 423. The van der Waals surface area contributed by atoms with Crippen molar-refractivity contribution >= 4 is 11.5 Å². The third-order valence-electron chi connectivity index (χ3n) is 2.25. The largest absolute Gasteiger partial charge is 0.397 e. The molecule has 5 nitrogen and oxygen atoms in total. The highest BCUT2D eigenvalue weighted by molar-refractivity contribution is 5.57. The van der Waals surface area contributed by atoms with Gasteiger partial charge in [0.1, 0.15) is 11.9 Å². The van der Waals surface area contributed by atoms with Gasteiger partial charge in [-0.1, -0.05) is 0 Å². The minimum absolute atomic E-state index is 0.301. The number of nitrogens with one attached hydrogen (secondary N) is 1. The van der Waals surface area contributed by atoms with Crippen molar-refractivity contribution in [2.24, 2.45) is 0 Å². The second kappa shape index (κ2) is 5.51. The highest BCUT2D eigenvalue weighted by atomic mass is 16.5. The summed E-state index contributed by atoms with van der Waals surface area (Å²) >= 11 is 0. The Balaban J connectivity index is 2.73. The predicted octanol–water partition coefficient (Wildman–Crippen LogP) is 1.76. The van der Waals surface area contributed by atoms with E-state index in [2.05, 4.69) is 16.4 Å². The molecule has 1 aromatic rings. The molecule has 0 saturated heterocycles. The van der Waals surface area contributed by atoms with Gasteiger partial charge in [0, 0.05) is 13.2 Å². The van der Waals surface area contributed by atoms with Gasteiger partial charge in [-0.25, -0.2) is 4.98 Å². The molecule has 0 amide bonds. The lowest BCUT2D eigenvalue weighted by Gasteiger charge is -2.25. The fraction of sp³-hybridized carbons (Fsp3) is 0.500. The lowest BCUT2D eigenvalue weighted by molar-refractivity contribution is 0.000641. The van der Waals surface area contributed by atoms with Crippen LogP contribution in [-0.4, -0.2) is 23.7 Å². The molecule has 1 aromatic heterocycles. The summed E-state index contributed by atoms with van der Waals surface area (Å²) in [7, 11) is 0. The molecule has 0 aliphatic rings. The second-order valence-electron chi connectivity index (χ2n) is 4.32. The number of hydrogen-bond acceptors (Lipinski definition) is 5. The van der Waals surface area contributed by atoms with E-state index in [9.17, 15) is 0 Å². The van der Waals surface area contributed by atoms with E-state index in [4.69, 9.17) is 15.7 Å². The smallest absolute Gasteiger partial charge is 0.144 e. The van der Waals surface area contributed by atoms with Gasteiger partial charge < -0.3 is 15.8 Å². The quantitative estimate of drug-likeness (QED) is 0.811. The SMILES string of the molecule is CCOC(C)(C)CNc1ncc(N)cc1C#N. The maximum absolute atomic E-state index is 8.96. The Morgan fingerprint density at radius 3 is 2.88 bits per heavy atom. The van der Waals surface area contributed by atoms with E-state index in [1.165, 1.54) is 6.20 Å². The predicted molar refractivity (Wildman–Crippen MR) is 67.6 cm³/mol. The topological polar surface area (TPSA) is 84.0 Å². The number of nitriles is 1. The van der Waals surface area contributed by atoms with Crippen molar-refractivity contribution in [3.8, 4) is 6.07 Å². The maximum atomic E-state index is 8.96. The van der Waals surface area contributed by atoms with E-state index in [0.717, 1.165) is 0 Å². The van der Waals surface area contributed by atoms with Crippen LogP contribution in [0.3, 0.4) is 0 Å². The van der Waals surface area contributed by atoms with Gasteiger partial charge in [0.2, 0.25) is 0 Å². The van der Waals surface area contributed by atoms with Crippen LogP contribution >= 0.6 is 0 Å². The molecular weight excluding hydrogens is 216 g/mol. The van der Waals surface area contributed by atoms with Crippen LogP contribution in [0.4, 0.5) is 11.5 Å². The third-order valence-corrected chi connectivity index (χ3v) is 2.25. The first-order chi connectivity index (χ1) is 7.98. The van der Waals surface area contributed by atoms with Crippen LogP contribution in [0, 0.1) is 11.3 Å². The number of aromatic nitrogens is 1. The van der Waals surface area contributed by atoms with Gasteiger partial charge in [-0.3, -0.25) is 0 Å². The normalized spacial score (nSPS) is 10.9. The molecule has 0 spiro atoms. The molecule has 0 aromatic carbocycles. The summed E-state index contributed by atoms with van der Waals surface area (Å²) < 4.78 is 5.55. The van der Waals surface area contributed by atoms with Gasteiger partial charge in [-0.15, -0.1) is 0 Å². The fourth-order valence-corrected chi connectivity index (χ4v) is 1.45. The molecule has 17 heavy (non-hydrogen) atoms. The first kappa shape index (κ1) is 13.3. The number of nitrogens with zero attached hydrogens (tertiary/aromatic N) is 2. The number of nitrogen functional groups attached to an aromatic ring is 1. The average molecular weight is 234 g/mol. The van der Waals surface area contributed by atoms with E-state index < -0.39 is 0 Å². The Labute approximate surface area is 102 Å². The second-order valence-corrected chi connectivity index (χ2v) is 4.32. The Morgan fingerprint density at radius 1 is 1.59 bits per heavy atom. The molecule has 0 aliphatic heterocycles. The fourth-order valence-electron chi connectivity index (χ4n) is 1.45. The minimum atomic E-state index is -0.301. The van der Waals surface area contributed by atoms with E-state index in [1.807, 2.05) is 20.8 Å². The monoisotopic (exact) mass is 234 g/mol. The highest BCUT2D eigenvalue weighted by Gasteiger charge is 2.18. The van der Waals surface area contributed by atoms with Crippen molar-refractivity contribution in [3.63, 3.8) is 0 Å². The van der Waals surface area contributed by atoms with E-state index in [1.54, 1.807) is 6.07 Å². The van der Waals surface area contributed by atoms with E-state index in [-0.39, 0.29) is 5.60 Å².